The highest BCUT2D eigenvalue weighted by Crippen LogP contribution is 2.25. The molecule has 2 aliphatic rings. The zero-order valence-corrected chi connectivity index (χ0v) is 7.07. The third-order valence-corrected chi connectivity index (χ3v) is 2.55. The SMILES string of the molecule is NC1=NC(C2CC=CCC2)CO1. The molecule has 2 atom stereocenters. The first-order chi connectivity index (χ1) is 5.86. The highest BCUT2D eigenvalue weighted by Gasteiger charge is 2.26. The second kappa shape index (κ2) is 3.17. The number of aliphatic imine (C=N–C) groups is 1. The Kier molecular flexibility index (Phi) is 2.02. The number of hydrogen-bond donors (Lipinski definition) is 1. The van der Waals surface area contributed by atoms with Crippen LogP contribution in [0.25, 0.3) is 0 Å². The molecule has 0 fully saturated rings. The van der Waals surface area contributed by atoms with E-state index in [9.17, 15) is 0 Å². The van der Waals surface area contributed by atoms with Crippen LogP contribution in [0.15, 0.2) is 17.1 Å². The summed E-state index contributed by atoms with van der Waals surface area (Å²) in [5.41, 5.74) is 5.44. The molecular weight excluding hydrogens is 152 g/mol. The molecular formula is C9H14N2O. The van der Waals surface area contributed by atoms with Crippen molar-refractivity contribution in [1.29, 1.82) is 0 Å². The van der Waals surface area contributed by atoms with E-state index < -0.39 is 0 Å². The molecule has 1 aliphatic heterocycles. The molecule has 0 amide bonds. The van der Waals surface area contributed by atoms with Crippen molar-refractivity contribution in [3.8, 4) is 0 Å². The highest BCUT2D eigenvalue weighted by atomic mass is 16.5. The summed E-state index contributed by atoms with van der Waals surface area (Å²) in [7, 11) is 0. The molecule has 2 N–H and O–H groups in total. The van der Waals surface area contributed by atoms with Gasteiger partial charge in [-0.05, 0) is 25.2 Å². The minimum atomic E-state index is 0.315. The lowest BCUT2D eigenvalue weighted by Gasteiger charge is -2.20. The van der Waals surface area contributed by atoms with Crippen LogP contribution in [0.5, 0.6) is 0 Å². The number of rotatable bonds is 1. The van der Waals surface area contributed by atoms with Gasteiger partial charge in [0.2, 0.25) is 0 Å². The van der Waals surface area contributed by atoms with Gasteiger partial charge in [-0.3, -0.25) is 0 Å². The fraction of sp³-hybridized carbons (Fsp3) is 0.667. The van der Waals surface area contributed by atoms with Gasteiger partial charge in [0.05, 0.1) is 6.04 Å². The third-order valence-electron chi connectivity index (χ3n) is 2.55. The van der Waals surface area contributed by atoms with Crippen molar-refractivity contribution in [2.24, 2.45) is 16.6 Å². The second-order valence-electron chi connectivity index (χ2n) is 3.39. The Morgan fingerprint density at radius 3 is 3.00 bits per heavy atom. The molecule has 0 bridgehead atoms. The predicted molar refractivity (Wildman–Crippen MR) is 47.8 cm³/mol. The maximum atomic E-state index is 5.44. The van der Waals surface area contributed by atoms with Crippen LogP contribution in [0.2, 0.25) is 0 Å². The summed E-state index contributed by atoms with van der Waals surface area (Å²) in [6.45, 7) is 0.685. The van der Waals surface area contributed by atoms with Crippen molar-refractivity contribution in [3.05, 3.63) is 12.2 Å². The van der Waals surface area contributed by atoms with E-state index in [0.29, 0.717) is 24.6 Å². The minimum absolute atomic E-state index is 0.315. The van der Waals surface area contributed by atoms with Crippen molar-refractivity contribution in [2.75, 3.05) is 6.61 Å². The summed E-state index contributed by atoms with van der Waals surface area (Å²) < 4.78 is 5.12. The molecule has 0 aromatic rings. The van der Waals surface area contributed by atoms with E-state index in [1.807, 2.05) is 0 Å². The first kappa shape index (κ1) is 7.65. The second-order valence-corrected chi connectivity index (χ2v) is 3.39. The molecule has 0 aromatic carbocycles. The fourth-order valence-corrected chi connectivity index (χ4v) is 1.82. The van der Waals surface area contributed by atoms with Crippen LogP contribution in [0.3, 0.4) is 0 Å². The zero-order valence-electron chi connectivity index (χ0n) is 7.07. The van der Waals surface area contributed by atoms with Gasteiger partial charge in [-0.25, -0.2) is 4.99 Å². The van der Waals surface area contributed by atoms with Crippen molar-refractivity contribution < 1.29 is 4.74 Å². The van der Waals surface area contributed by atoms with Gasteiger partial charge in [-0.15, -0.1) is 0 Å². The summed E-state index contributed by atoms with van der Waals surface area (Å²) in [6, 6.07) is 0.685. The smallest absolute Gasteiger partial charge is 0.282 e. The minimum Gasteiger partial charge on any atom is -0.463 e. The van der Waals surface area contributed by atoms with E-state index in [1.165, 1.54) is 12.8 Å². The zero-order chi connectivity index (χ0) is 8.39. The Balaban J connectivity index is 1.96. The van der Waals surface area contributed by atoms with Crippen molar-refractivity contribution in [2.45, 2.75) is 25.3 Å². The predicted octanol–water partition coefficient (Wildman–Crippen LogP) is 1.06. The van der Waals surface area contributed by atoms with Crippen LogP contribution < -0.4 is 5.73 Å². The van der Waals surface area contributed by atoms with E-state index >= 15 is 0 Å². The molecule has 0 saturated carbocycles. The van der Waals surface area contributed by atoms with E-state index in [4.69, 9.17) is 10.5 Å². The molecule has 3 nitrogen and oxygen atoms in total. The summed E-state index contributed by atoms with van der Waals surface area (Å²) in [6.07, 6.45) is 8.00. The number of allylic oxidation sites excluding steroid dienone is 2. The van der Waals surface area contributed by atoms with Gasteiger partial charge < -0.3 is 10.5 Å². The average Bonchev–Trinajstić information content (AvgIpc) is 2.54. The molecule has 1 aliphatic carbocycles. The van der Waals surface area contributed by atoms with Crippen LogP contribution in [-0.2, 0) is 4.74 Å². The quantitative estimate of drug-likeness (QED) is 0.592. The first-order valence-electron chi connectivity index (χ1n) is 4.47. The standard InChI is InChI=1S/C9H14N2O/c10-9-11-8(6-12-9)7-4-2-1-3-5-7/h1-2,7-8H,3-6H2,(H2,10,11). The molecule has 1 heterocycles. The third kappa shape index (κ3) is 1.44. The number of amidine groups is 1. The van der Waals surface area contributed by atoms with E-state index in [1.54, 1.807) is 0 Å². The van der Waals surface area contributed by atoms with Gasteiger partial charge in [0.15, 0.2) is 0 Å². The number of nitrogens with zero attached hydrogens (tertiary/aromatic N) is 1. The van der Waals surface area contributed by atoms with Crippen molar-refractivity contribution in [3.63, 3.8) is 0 Å². The van der Waals surface area contributed by atoms with Crippen LogP contribution in [0.4, 0.5) is 0 Å². The lowest BCUT2D eigenvalue weighted by atomic mass is 9.88. The fourth-order valence-electron chi connectivity index (χ4n) is 1.82. The van der Waals surface area contributed by atoms with E-state index in [2.05, 4.69) is 17.1 Å². The molecule has 0 saturated heterocycles. The summed E-state index contributed by atoms with van der Waals surface area (Å²) in [5.74, 6) is 0.649. The first-order valence-corrected chi connectivity index (χ1v) is 4.47. The summed E-state index contributed by atoms with van der Waals surface area (Å²) in [4.78, 5) is 4.25. The monoisotopic (exact) mass is 166 g/mol. The summed E-state index contributed by atoms with van der Waals surface area (Å²) in [5, 5.41) is 0. The van der Waals surface area contributed by atoms with Gasteiger partial charge >= 0.3 is 0 Å². The van der Waals surface area contributed by atoms with E-state index in [0.717, 1.165) is 6.42 Å². The maximum absolute atomic E-state index is 5.44. The molecule has 0 spiro atoms. The summed E-state index contributed by atoms with van der Waals surface area (Å²) >= 11 is 0. The Labute approximate surface area is 72.3 Å². The Bertz CT molecular complexity index is 223. The maximum Gasteiger partial charge on any atom is 0.282 e. The molecule has 0 aromatic heterocycles. The highest BCUT2D eigenvalue weighted by molar-refractivity contribution is 5.73. The Morgan fingerprint density at radius 1 is 1.50 bits per heavy atom. The molecule has 2 rings (SSSR count). The molecule has 3 heteroatoms. The molecule has 0 radical (unpaired) electrons. The van der Waals surface area contributed by atoms with Crippen LogP contribution >= 0.6 is 0 Å². The van der Waals surface area contributed by atoms with E-state index in [-0.39, 0.29) is 0 Å². The number of ether oxygens (including phenoxy) is 1. The Hall–Kier alpha value is -0.990. The van der Waals surface area contributed by atoms with Crippen LogP contribution in [0.1, 0.15) is 19.3 Å². The number of nitrogens with two attached hydrogens (primary N) is 1. The van der Waals surface area contributed by atoms with Crippen LogP contribution in [-0.4, -0.2) is 18.7 Å². The van der Waals surface area contributed by atoms with Gasteiger partial charge in [0, 0.05) is 0 Å². The molecule has 12 heavy (non-hydrogen) atoms. The van der Waals surface area contributed by atoms with Gasteiger partial charge in [-0.1, -0.05) is 12.2 Å². The average molecular weight is 166 g/mol. The van der Waals surface area contributed by atoms with Crippen molar-refractivity contribution in [1.82, 2.24) is 0 Å². The van der Waals surface area contributed by atoms with Crippen molar-refractivity contribution >= 4 is 6.02 Å². The Morgan fingerprint density at radius 2 is 2.42 bits per heavy atom. The van der Waals surface area contributed by atoms with Gasteiger partial charge in [0.1, 0.15) is 6.61 Å². The topological polar surface area (TPSA) is 47.6 Å². The molecule has 2 unspecified atom stereocenters. The van der Waals surface area contributed by atoms with Gasteiger partial charge in [0.25, 0.3) is 6.02 Å². The molecule has 66 valence electrons. The van der Waals surface area contributed by atoms with Crippen LogP contribution in [0, 0.1) is 5.92 Å². The number of hydrogen-bond acceptors (Lipinski definition) is 3. The lowest BCUT2D eigenvalue weighted by Crippen LogP contribution is -2.20. The van der Waals surface area contributed by atoms with Gasteiger partial charge in [-0.2, -0.15) is 0 Å². The lowest BCUT2D eigenvalue weighted by molar-refractivity contribution is 0.266. The normalized spacial score (nSPS) is 34.5. The largest absolute Gasteiger partial charge is 0.463 e.